The highest BCUT2D eigenvalue weighted by Gasteiger charge is 2.36. The van der Waals surface area contributed by atoms with Gasteiger partial charge in [0.1, 0.15) is 35.3 Å². The summed E-state index contributed by atoms with van der Waals surface area (Å²) in [5.74, 6) is 2.42. The Hall–Kier alpha value is -5.74. The molecule has 3 amide bonds. The van der Waals surface area contributed by atoms with Crippen molar-refractivity contribution in [2.45, 2.75) is 108 Å². The molecule has 63 heavy (non-hydrogen) atoms. The van der Waals surface area contributed by atoms with Crippen LogP contribution in [0.1, 0.15) is 113 Å². The number of hydrogen-bond donors (Lipinski definition) is 3. The smallest absolute Gasteiger partial charge is 0.249 e. The lowest BCUT2D eigenvalue weighted by Crippen LogP contribution is -2.47. The number of fused-ring (bicyclic) bond motifs is 1. The lowest BCUT2D eigenvalue weighted by atomic mass is 9.88. The van der Waals surface area contributed by atoms with E-state index in [1.807, 2.05) is 35.7 Å². The van der Waals surface area contributed by atoms with E-state index in [1.165, 1.54) is 11.9 Å². The summed E-state index contributed by atoms with van der Waals surface area (Å²) >= 11 is 0. The Labute approximate surface area is 367 Å². The fourth-order valence-corrected chi connectivity index (χ4v) is 9.42. The number of carbonyl (C=O) groups excluding carboxylic acids is 3. The summed E-state index contributed by atoms with van der Waals surface area (Å²) in [7, 11) is 0. The number of likely N-dealkylation sites (tertiary alicyclic amines) is 2. The molecule has 1 unspecified atom stereocenters. The molecular weight excluding hydrogens is 799 g/mol. The highest BCUT2D eigenvalue weighted by molar-refractivity contribution is 6.02. The third kappa shape index (κ3) is 9.76. The largest absolute Gasteiger partial charge is 0.383 e. The van der Waals surface area contributed by atoms with Crippen molar-refractivity contribution < 1.29 is 23.6 Å². The van der Waals surface area contributed by atoms with Gasteiger partial charge in [-0.05, 0) is 126 Å². The number of hydrogen-bond acceptors (Lipinski definition) is 13. The van der Waals surface area contributed by atoms with Crippen molar-refractivity contribution in [3.05, 3.63) is 65.8 Å². The minimum atomic E-state index is -0.369. The summed E-state index contributed by atoms with van der Waals surface area (Å²) in [6, 6.07) is 12.2. The number of imide groups is 1. The molecule has 1 aliphatic carbocycles. The van der Waals surface area contributed by atoms with Gasteiger partial charge in [-0.2, -0.15) is 5.10 Å². The fraction of sp³-hybridized carbons (Fsp3) is 0.532. The zero-order valence-corrected chi connectivity index (χ0v) is 36.4. The number of pyridine rings is 1. The van der Waals surface area contributed by atoms with Gasteiger partial charge in [0.2, 0.25) is 17.7 Å². The van der Waals surface area contributed by atoms with Gasteiger partial charge in [-0.1, -0.05) is 23.4 Å². The molecule has 4 aromatic heterocycles. The van der Waals surface area contributed by atoms with Crippen molar-refractivity contribution in [1.29, 1.82) is 0 Å². The van der Waals surface area contributed by atoms with Crippen LogP contribution in [0.25, 0.3) is 33.7 Å². The first-order valence-corrected chi connectivity index (χ1v) is 22.9. The molecule has 3 aliphatic heterocycles. The number of ether oxygens (including phenoxy) is 1. The molecule has 4 N–H and O–H groups in total. The Kier molecular flexibility index (Phi) is 12.8. The number of anilines is 2. The Morgan fingerprint density at radius 3 is 2.43 bits per heavy atom. The molecule has 0 bridgehead atoms. The van der Waals surface area contributed by atoms with E-state index in [4.69, 9.17) is 25.1 Å². The Balaban J connectivity index is 0.675. The van der Waals surface area contributed by atoms with Crippen molar-refractivity contribution in [3.63, 3.8) is 0 Å². The predicted octanol–water partition coefficient (Wildman–Crippen LogP) is 6.26. The normalized spacial score (nSPS) is 19.3. The van der Waals surface area contributed by atoms with Gasteiger partial charge in [0.25, 0.3) is 0 Å². The van der Waals surface area contributed by atoms with Crippen molar-refractivity contribution in [3.8, 4) is 22.6 Å². The number of nitrogens with two attached hydrogens (primary N) is 1. The molecular formula is C47H59N11O5. The van der Waals surface area contributed by atoms with Gasteiger partial charge in [0.15, 0.2) is 5.65 Å². The molecule has 0 radical (unpaired) electrons. The number of nitrogen functional groups attached to an aromatic ring is 1. The molecule has 1 aromatic carbocycles. The maximum absolute atomic E-state index is 13.1. The standard InChI is InChI=1S/C47H59N11O5/c1-29(2)58-46-41(45(48)50-28-51-46)42(54-58)43-40(44(63-55-43)34-6-7-34)36-12-5-30(26-49-36)19-25-62-24-3-4-39(60)57-22-15-31(16-23-57)27-56-20-17-33(18-21-56)32-8-10-35(11-9-32)52-37-13-14-38(59)53-47(37)61/h5,8-12,26,28-29,31,33-34,37,52H,3-4,6-7,13-25,27H2,1-2H3,(H2,48,50,51)(H,53,59,61). The summed E-state index contributed by atoms with van der Waals surface area (Å²) in [6.07, 6.45) is 12.6. The Morgan fingerprint density at radius 1 is 0.921 bits per heavy atom. The molecule has 0 spiro atoms. The first-order chi connectivity index (χ1) is 30.7. The summed E-state index contributed by atoms with van der Waals surface area (Å²) < 4.78 is 13.8. The monoisotopic (exact) mass is 857 g/mol. The van der Waals surface area contributed by atoms with Crippen LogP contribution in [-0.2, 0) is 25.5 Å². The molecule has 1 atom stereocenters. The number of rotatable bonds is 16. The van der Waals surface area contributed by atoms with E-state index in [2.05, 4.69) is 61.0 Å². The summed E-state index contributed by atoms with van der Waals surface area (Å²) in [6.45, 7) is 10.1. The van der Waals surface area contributed by atoms with Gasteiger partial charge < -0.3 is 30.1 Å². The molecule has 16 heteroatoms. The Bertz CT molecular complexity index is 2390. The number of benzene rings is 1. The van der Waals surface area contributed by atoms with Gasteiger partial charge in [0.05, 0.1) is 23.3 Å². The van der Waals surface area contributed by atoms with Crippen molar-refractivity contribution >= 4 is 40.3 Å². The third-order valence-electron chi connectivity index (χ3n) is 13.2. The maximum atomic E-state index is 13.1. The minimum absolute atomic E-state index is 0.0586. The molecule has 7 heterocycles. The summed E-state index contributed by atoms with van der Waals surface area (Å²) in [5, 5.41) is 15.8. The number of carbonyl (C=O) groups is 3. The van der Waals surface area contributed by atoms with E-state index in [1.54, 1.807) is 0 Å². The SMILES string of the molecule is CC(C)n1nc(-c2noc(C3CC3)c2-c2ccc(CCOCCCC(=O)N3CCC(CN4CCC(c5ccc(NC6CCC(=O)NC6=O)cc5)CC4)CC3)cn2)c2c(N)ncnc21. The summed E-state index contributed by atoms with van der Waals surface area (Å²) in [5.41, 5.74) is 13.1. The van der Waals surface area contributed by atoms with Crippen LogP contribution in [0, 0.1) is 5.92 Å². The molecule has 3 saturated heterocycles. The summed E-state index contributed by atoms with van der Waals surface area (Å²) in [4.78, 5) is 54.9. The fourth-order valence-electron chi connectivity index (χ4n) is 9.42. The van der Waals surface area contributed by atoms with Gasteiger partial charge in [0, 0.05) is 62.9 Å². The van der Waals surface area contributed by atoms with Crippen LogP contribution in [0.5, 0.6) is 0 Å². The molecule has 16 nitrogen and oxygen atoms in total. The third-order valence-corrected chi connectivity index (χ3v) is 13.2. The van der Waals surface area contributed by atoms with E-state index in [9.17, 15) is 14.4 Å². The number of nitrogens with one attached hydrogen (secondary N) is 2. The van der Waals surface area contributed by atoms with E-state index < -0.39 is 0 Å². The zero-order chi connectivity index (χ0) is 43.5. The lowest BCUT2D eigenvalue weighted by Gasteiger charge is -2.38. The molecule has 5 aromatic rings. The van der Waals surface area contributed by atoms with Crippen LogP contribution in [0.2, 0.25) is 0 Å². The number of aromatic nitrogens is 6. The quantitative estimate of drug-likeness (QED) is 0.0743. The van der Waals surface area contributed by atoms with Crippen LogP contribution in [-0.4, -0.2) is 109 Å². The minimum Gasteiger partial charge on any atom is -0.383 e. The van der Waals surface area contributed by atoms with Gasteiger partial charge in [-0.25, -0.2) is 14.6 Å². The molecule has 4 fully saturated rings. The van der Waals surface area contributed by atoms with E-state index in [0.29, 0.717) is 91.3 Å². The second kappa shape index (κ2) is 18.9. The number of amides is 3. The molecule has 1 saturated carbocycles. The van der Waals surface area contributed by atoms with Crippen LogP contribution >= 0.6 is 0 Å². The molecule has 9 rings (SSSR count). The van der Waals surface area contributed by atoms with Crippen molar-refractivity contribution in [2.24, 2.45) is 5.92 Å². The number of nitrogens with zero attached hydrogens (tertiary/aromatic N) is 8. The van der Waals surface area contributed by atoms with Crippen LogP contribution in [0.4, 0.5) is 11.5 Å². The van der Waals surface area contributed by atoms with Crippen LogP contribution in [0.3, 0.4) is 0 Å². The highest BCUT2D eigenvalue weighted by atomic mass is 16.5. The highest BCUT2D eigenvalue weighted by Crippen LogP contribution is 2.48. The average Bonchev–Trinajstić information content (AvgIpc) is 3.92. The van der Waals surface area contributed by atoms with E-state index in [-0.39, 0.29) is 29.8 Å². The topological polar surface area (TPSA) is 200 Å². The first-order valence-electron chi connectivity index (χ1n) is 22.9. The van der Waals surface area contributed by atoms with E-state index in [0.717, 1.165) is 99.5 Å². The molecule has 4 aliphatic rings. The van der Waals surface area contributed by atoms with Crippen molar-refractivity contribution in [1.82, 2.24) is 45.0 Å². The van der Waals surface area contributed by atoms with Gasteiger partial charge in [-0.3, -0.25) is 24.7 Å². The maximum Gasteiger partial charge on any atom is 0.249 e. The second-order valence-corrected chi connectivity index (χ2v) is 18.1. The van der Waals surface area contributed by atoms with E-state index >= 15 is 0 Å². The Morgan fingerprint density at radius 2 is 1.71 bits per heavy atom. The lowest BCUT2D eigenvalue weighted by molar-refractivity contribution is -0.134. The first kappa shape index (κ1) is 42.6. The molecule has 332 valence electrons. The number of piperidine rings is 3. The van der Waals surface area contributed by atoms with Crippen LogP contribution < -0.4 is 16.4 Å². The zero-order valence-electron chi connectivity index (χ0n) is 36.4. The van der Waals surface area contributed by atoms with Crippen molar-refractivity contribution in [2.75, 3.05) is 57.0 Å². The van der Waals surface area contributed by atoms with Gasteiger partial charge >= 0.3 is 0 Å². The van der Waals surface area contributed by atoms with Gasteiger partial charge in [-0.15, -0.1) is 0 Å². The predicted molar refractivity (Wildman–Crippen MR) is 239 cm³/mol. The van der Waals surface area contributed by atoms with Crippen LogP contribution in [0.15, 0.2) is 53.4 Å². The average molecular weight is 858 g/mol. The second-order valence-electron chi connectivity index (χ2n) is 18.1.